The van der Waals surface area contributed by atoms with E-state index < -0.39 is 0 Å². The lowest BCUT2D eigenvalue weighted by Crippen LogP contribution is -2.26. The SMILES string of the molecule is Cc1cccc(-c2ccc([Si]c3ccc(-c4cccc(C)c4)cc3)cc2)c1. The van der Waals surface area contributed by atoms with Gasteiger partial charge in [-0.1, -0.05) is 119 Å². The summed E-state index contributed by atoms with van der Waals surface area (Å²) in [4.78, 5) is 0. The molecule has 0 aliphatic rings. The Kier molecular flexibility index (Phi) is 5.04. The monoisotopic (exact) mass is 362 g/mol. The molecule has 0 atom stereocenters. The smallest absolute Gasteiger partial charge is 0.0625 e. The second kappa shape index (κ2) is 7.77. The van der Waals surface area contributed by atoms with E-state index in [9.17, 15) is 0 Å². The van der Waals surface area contributed by atoms with Gasteiger partial charge in [-0.15, -0.1) is 0 Å². The summed E-state index contributed by atoms with van der Waals surface area (Å²) in [7, 11) is 0.680. The molecule has 0 nitrogen and oxygen atoms in total. The fourth-order valence-corrected chi connectivity index (χ4v) is 4.31. The summed E-state index contributed by atoms with van der Waals surface area (Å²) in [5.74, 6) is 0. The van der Waals surface area contributed by atoms with E-state index >= 15 is 0 Å². The first-order valence-electron chi connectivity index (χ1n) is 9.29. The van der Waals surface area contributed by atoms with Crippen LogP contribution in [0.5, 0.6) is 0 Å². The van der Waals surface area contributed by atoms with Gasteiger partial charge in [0.05, 0.1) is 0 Å². The summed E-state index contributed by atoms with van der Waals surface area (Å²) >= 11 is 0. The van der Waals surface area contributed by atoms with Crippen LogP contribution < -0.4 is 10.4 Å². The zero-order valence-corrected chi connectivity index (χ0v) is 16.7. The van der Waals surface area contributed by atoms with Crippen LogP contribution in [0.1, 0.15) is 11.1 Å². The maximum Gasteiger partial charge on any atom is 0.121 e. The molecule has 0 amide bonds. The van der Waals surface area contributed by atoms with Crippen molar-refractivity contribution in [3.63, 3.8) is 0 Å². The highest BCUT2D eigenvalue weighted by Gasteiger charge is 2.03. The van der Waals surface area contributed by atoms with Gasteiger partial charge in [0.2, 0.25) is 0 Å². The molecule has 0 aromatic heterocycles. The number of hydrogen-bond acceptors (Lipinski definition) is 0. The zero-order chi connectivity index (χ0) is 18.6. The topological polar surface area (TPSA) is 0 Å². The number of hydrogen-bond donors (Lipinski definition) is 0. The third kappa shape index (κ3) is 4.26. The second-order valence-corrected chi connectivity index (χ2v) is 8.42. The highest BCUT2D eigenvalue weighted by molar-refractivity contribution is 6.67. The van der Waals surface area contributed by atoms with Gasteiger partial charge in [0.15, 0.2) is 0 Å². The molecule has 27 heavy (non-hydrogen) atoms. The molecule has 4 aromatic rings. The molecule has 130 valence electrons. The zero-order valence-electron chi connectivity index (χ0n) is 15.7. The third-order valence-electron chi connectivity index (χ3n) is 4.76. The van der Waals surface area contributed by atoms with Crippen LogP contribution in [0.25, 0.3) is 22.3 Å². The molecule has 0 spiro atoms. The average molecular weight is 363 g/mol. The summed E-state index contributed by atoms with van der Waals surface area (Å²) in [6.07, 6.45) is 0. The van der Waals surface area contributed by atoms with E-state index in [1.54, 1.807) is 0 Å². The summed E-state index contributed by atoms with van der Waals surface area (Å²) in [6, 6.07) is 35.3. The van der Waals surface area contributed by atoms with Gasteiger partial charge in [0.1, 0.15) is 9.52 Å². The summed E-state index contributed by atoms with van der Waals surface area (Å²) in [6.45, 7) is 4.28. The predicted molar refractivity (Wildman–Crippen MR) is 118 cm³/mol. The van der Waals surface area contributed by atoms with E-state index in [2.05, 4.69) is 111 Å². The molecule has 4 rings (SSSR count). The van der Waals surface area contributed by atoms with Gasteiger partial charge in [-0.2, -0.15) is 0 Å². The number of benzene rings is 4. The van der Waals surface area contributed by atoms with Crippen molar-refractivity contribution in [3.8, 4) is 22.3 Å². The fourth-order valence-electron chi connectivity index (χ4n) is 3.31. The van der Waals surface area contributed by atoms with Crippen molar-refractivity contribution in [2.24, 2.45) is 0 Å². The standard InChI is InChI=1S/C26H22Si/c1-19-5-3-7-23(17-19)21-9-13-25(14-10-21)27-26-15-11-22(12-16-26)24-8-4-6-20(2)18-24/h3-18H,1-2H3. The lowest BCUT2D eigenvalue weighted by Gasteiger charge is -2.07. The van der Waals surface area contributed by atoms with Gasteiger partial charge in [-0.05, 0) is 36.1 Å². The van der Waals surface area contributed by atoms with Crippen LogP contribution in [0.3, 0.4) is 0 Å². The van der Waals surface area contributed by atoms with Gasteiger partial charge in [0.25, 0.3) is 0 Å². The predicted octanol–water partition coefficient (Wildman–Crippen LogP) is 5.29. The van der Waals surface area contributed by atoms with Gasteiger partial charge < -0.3 is 0 Å². The van der Waals surface area contributed by atoms with Gasteiger partial charge in [-0.3, -0.25) is 0 Å². The van der Waals surface area contributed by atoms with Crippen LogP contribution >= 0.6 is 0 Å². The third-order valence-corrected chi connectivity index (χ3v) is 6.01. The Balaban J connectivity index is 1.49. The van der Waals surface area contributed by atoms with Crippen molar-refractivity contribution in [3.05, 3.63) is 108 Å². The molecule has 0 aliphatic carbocycles. The molecule has 2 radical (unpaired) electrons. The first-order chi connectivity index (χ1) is 13.2. The Morgan fingerprint density at radius 3 is 1.22 bits per heavy atom. The van der Waals surface area contributed by atoms with Crippen LogP contribution in [0, 0.1) is 13.8 Å². The molecule has 0 saturated heterocycles. The van der Waals surface area contributed by atoms with Crippen LogP contribution in [0.15, 0.2) is 97.1 Å². The van der Waals surface area contributed by atoms with Gasteiger partial charge >= 0.3 is 0 Å². The second-order valence-electron chi connectivity index (χ2n) is 7.02. The largest absolute Gasteiger partial charge is 0.121 e. The van der Waals surface area contributed by atoms with E-state index in [4.69, 9.17) is 0 Å². The first-order valence-corrected chi connectivity index (χ1v) is 10.3. The molecule has 0 heterocycles. The Bertz CT molecular complexity index is 957. The first kappa shape index (κ1) is 17.5. The van der Waals surface area contributed by atoms with Crippen LogP contribution in [0.2, 0.25) is 0 Å². The Morgan fingerprint density at radius 1 is 0.444 bits per heavy atom. The van der Waals surface area contributed by atoms with Crippen molar-refractivity contribution < 1.29 is 0 Å². The molecule has 4 aromatic carbocycles. The molecular weight excluding hydrogens is 340 g/mol. The Labute approximate surface area is 164 Å². The minimum Gasteiger partial charge on any atom is -0.0625 e. The van der Waals surface area contributed by atoms with E-state index in [0.717, 1.165) is 0 Å². The summed E-state index contributed by atoms with van der Waals surface area (Å²) in [5.41, 5.74) is 7.73. The van der Waals surface area contributed by atoms with Crippen molar-refractivity contribution in [1.82, 2.24) is 0 Å². The maximum absolute atomic E-state index is 2.25. The quantitative estimate of drug-likeness (QED) is 0.433. The molecular formula is C26H22Si. The molecule has 0 bridgehead atoms. The van der Waals surface area contributed by atoms with Gasteiger partial charge in [0, 0.05) is 0 Å². The molecule has 0 unspecified atom stereocenters. The maximum atomic E-state index is 2.25. The molecule has 0 fully saturated rings. The molecule has 0 N–H and O–H groups in total. The van der Waals surface area contributed by atoms with Crippen molar-refractivity contribution in [2.45, 2.75) is 13.8 Å². The summed E-state index contributed by atoms with van der Waals surface area (Å²) in [5, 5.41) is 2.74. The Hall–Kier alpha value is -2.90. The van der Waals surface area contributed by atoms with E-state index in [1.807, 2.05) is 0 Å². The lowest BCUT2D eigenvalue weighted by molar-refractivity contribution is 1.47. The van der Waals surface area contributed by atoms with Crippen molar-refractivity contribution in [2.75, 3.05) is 0 Å². The normalized spacial score (nSPS) is 10.7. The minimum atomic E-state index is 0.680. The van der Waals surface area contributed by atoms with Gasteiger partial charge in [-0.25, -0.2) is 0 Å². The van der Waals surface area contributed by atoms with Crippen molar-refractivity contribution >= 4 is 19.9 Å². The average Bonchev–Trinajstić information content (AvgIpc) is 2.69. The minimum absolute atomic E-state index is 0.680. The highest BCUT2D eigenvalue weighted by atomic mass is 28.2. The van der Waals surface area contributed by atoms with E-state index in [1.165, 1.54) is 43.8 Å². The van der Waals surface area contributed by atoms with E-state index in [-0.39, 0.29) is 0 Å². The highest BCUT2D eigenvalue weighted by Crippen LogP contribution is 2.20. The van der Waals surface area contributed by atoms with Crippen LogP contribution in [-0.4, -0.2) is 9.52 Å². The number of rotatable bonds is 4. The molecule has 1 heteroatoms. The molecule has 0 aliphatic heterocycles. The molecule has 0 saturated carbocycles. The summed E-state index contributed by atoms with van der Waals surface area (Å²) < 4.78 is 0. The number of aryl methyl sites for hydroxylation is 2. The fraction of sp³-hybridized carbons (Fsp3) is 0.0769. The lowest BCUT2D eigenvalue weighted by atomic mass is 10.0. The van der Waals surface area contributed by atoms with Crippen molar-refractivity contribution in [1.29, 1.82) is 0 Å². The van der Waals surface area contributed by atoms with Crippen LogP contribution in [0.4, 0.5) is 0 Å². The van der Waals surface area contributed by atoms with E-state index in [0.29, 0.717) is 9.52 Å². The Morgan fingerprint density at radius 2 is 0.852 bits per heavy atom. The van der Waals surface area contributed by atoms with Crippen LogP contribution in [-0.2, 0) is 0 Å².